The predicted octanol–water partition coefficient (Wildman–Crippen LogP) is 6.63. The zero-order chi connectivity index (χ0) is 17.7. The fourth-order valence-electron chi connectivity index (χ4n) is 2.33. The van der Waals surface area contributed by atoms with Gasteiger partial charge >= 0.3 is 0 Å². The van der Waals surface area contributed by atoms with Gasteiger partial charge in [0.05, 0.1) is 11.4 Å². The number of rotatable bonds is 5. The summed E-state index contributed by atoms with van der Waals surface area (Å²) in [4.78, 5) is 2.33. The minimum Gasteiger partial charge on any atom is -0.372 e. The van der Waals surface area contributed by atoms with Crippen LogP contribution in [0, 0.1) is 0 Å². The average molecular weight is 331 g/mol. The number of azo groups is 1. The highest BCUT2D eigenvalue weighted by Gasteiger charge is 1.97. The van der Waals surface area contributed by atoms with Gasteiger partial charge in [-0.1, -0.05) is 54.6 Å². The van der Waals surface area contributed by atoms with Crippen LogP contribution < -0.4 is 4.90 Å². The molecule has 0 saturated carbocycles. The smallest absolute Gasteiger partial charge is 0.0857 e. The molecular formula is C22H25N3. The van der Waals surface area contributed by atoms with Crippen molar-refractivity contribution < 1.29 is 0 Å². The molecule has 0 N–H and O–H groups in total. The quantitative estimate of drug-likeness (QED) is 0.482. The molecule has 0 radical (unpaired) electrons. The van der Waals surface area contributed by atoms with E-state index in [0.717, 1.165) is 24.5 Å². The lowest BCUT2D eigenvalue weighted by molar-refractivity contribution is 0.866. The molecule has 0 amide bonds. The summed E-state index contributed by atoms with van der Waals surface area (Å²) in [5, 5.41) is 8.20. The summed E-state index contributed by atoms with van der Waals surface area (Å²) in [6, 6.07) is 29.9. The van der Waals surface area contributed by atoms with E-state index < -0.39 is 0 Å². The Hall–Kier alpha value is -2.94. The molecule has 0 spiro atoms. The maximum Gasteiger partial charge on any atom is 0.0857 e. The van der Waals surface area contributed by atoms with Crippen LogP contribution in [0.25, 0.3) is 0 Å². The Bertz CT molecular complexity index is 679. The monoisotopic (exact) mass is 331 g/mol. The molecule has 0 aliphatic carbocycles. The van der Waals surface area contributed by atoms with E-state index in [0.29, 0.717) is 0 Å². The number of benzene rings is 3. The number of anilines is 1. The van der Waals surface area contributed by atoms with Crippen LogP contribution in [0.2, 0.25) is 0 Å². The van der Waals surface area contributed by atoms with E-state index in [-0.39, 0.29) is 0 Å². The van der Waals surface area contributed by atoms with E-state index in [1.807, 2.05) is 66.7 Å². The highest BCUT2D eigenvalue weighted by molar-refractivity contribution is 5.45. The molecule has 0 unspecified atom stereocenters. The van der Waals surface area contributed by atoms with Crippen LogP contribution in [0.15, 0.2) is 101 Å². The molecule has 128 valence electrons. The Balaban J connectivity index is 0.000000186. The van der Waals surface area contributed by atoms with E-state index in [4.69, 9.17) is 0 Å². The fraction of sp³-hybridized carbons (Fsp3) is 0.182. The van der Waals surface area contributed by atoms with E-state index in [1.54, 1.807) is 0 Å². The Labute approximate surface area is 150 Å². The predicted molar refractivity (Wildman–Crippen MR) is 107 cm³/mol. The van der Waals surface area contributed by atoms with Crippen LogP contribution in [0.5, 0.6) is 0 Å². The Morgan fingerprint density at radius 3 is 1.28 bits per heavy atom. The molecular weight excluding hydrogens is 306 g/mol. The van der Waals surface area contributed by atoms with Crippen LogP contribution in [-0.4, -0.2) is 13.1 Å². The summed E-state index contributed by atoms with van der Waals surface area (Å²) in [7, 11) is 0. The first-order valence-corrected chi connectivity index (χ1v) is 8.65. The second-order valence-corrected chi connectivity index (χ2v) is 5.38. The third-order valence-corrected chi connectivity index (χ3v) is 3.68. The van der Waals surface area contributed by atoms with Crippen molar-refractivity contribution in [2.45, 2.75) is 13.8 Å². The number of hydrogen-bond acceptors (Lipinski definition) is 3. The first kappa shape index (κ1) is 18.4. The summed E-state index contributed by atoms with van der Waals surface area (Å²) >= 11 is 0. The highest BCUT2D eigenvalue weighted by Crippen LogP contribution is 2.16. The van der Waals surface area contributed by atoms with Crippen molar-refractivity contribution in [1.82, 2.24) is 0 Å². The van der Waals surface area contributed by atoms with E-state index in [9.17, 15) is 0 Å². The lowest BCUT2D eigenvalue weighted by Gasteiger charge is -2.20. The van der Waals surface area contributed by atoms with Gasteiger partial charge in [-0.2, -0.15) is 10.2 Å². The number of para-hydroxylation sites is 1. The number of nitrogens with zero attached hydrogens (tertiary/aromatic N) is 3. The Morgan fingerprint density at radius 2 is 0.920 bits per heavy atom. The largest absolute Gasteiger partial charge is 0.372 e. The number of hydrogen-bond donors (Lipinski definition) is 0. The van der Waals surface area contributed by atoms with Crippen LogP contribution in [0.1, 0.15) is 13.8 Å². The zero-order valence-electron chi connectivity index (χ0n) is 14.9. The standard InChI is InChI=1S/C12H10N2.C10H15N/c1-3-7-11(8-4-1)13-14-12-9-5-2-6-10-12;1-3-11(4-2)10-8-6-5-7-9-10/h1-10H;5-9H,3-4H2,1-2H3. The van der Waals surface area contributed by atoms with E-state index >= 15 is 0 Å². The summed E-state index contributed by atoms with van der Waals surface area (Å²) in [6.07, 6.45) is 0. The highest BCUT2D eigenvalue weighted by atomic mass is 15.1. The van der Waals surface area contributed by atoms with Gasteiger partial charge in [0.15, 0.2) is 0 Å². The van der Waals surface area contributed by atoms with Crippen molar-refractivity contribution in [2.24, 2.45) is 10.2 Å². The van der Waals surface area contributed by atoms with E-state index in [2.05, 4.69) is 53.2 Å². The molecule has 25 heavy (non-hydrogen) atoms. The van der Waals surface area contributed by atoms with Crippen LogP contribution >= 0.6 is 0 Å². The van der Waals surface area contributed by atoms with Gasteiger partial charge in [0.1, 0.15) is 0 Å². The van der Waals surface area contributed by atoms with Crippen molar-refractivity contribution >= 4 is 17.1 Å². The third-order valence-electron chi connectivity index (χ3n) is 3.68. The zero-order valence-corrected chi connectivity index (χ0v) is 14.9. The van der Waals surface area contributed by atoms with Gasteiger partial charge in [0.25, 0.3) is 0 Å². The minimum absolute atomic E-state index is 0.872. The molecule has 0 aliphatic rings. The molecule has 3 aromatic carbocycles. The van der Waals surface area contributed by atoms with Crippen molar-refractivity contribution in [1.29, 1.82) is 0 Å². The molecule has 0 aromatic heterocycles. The first-order chi connectivity index (χ1) is 12.3. The van der Waals surface area contributed by atoms with Crippen LogP contribution in [-0.2, 0) is 0 Å². The van der Waals surface area contributed by atoms with Gasteiger partial charge < -0.3 is 4.90 Å². The summed E-state index contributed by atoms with van der Waals surface area (Å²) in [5.74, 6) is 0. The molecule has 3 nitrogen and oxygen atoms in total. The maximum atomic E-state index is 4.10. The SMILES string of the molecule is CCN(CC)c1ccccc1.c1ccc(N=Nc2ccccc2)cc1. The first-order valence-electron chi connectivity index (χ1n) is 8.65. The van der Waals surface area contributed by atoms with Crippen LogP contribution in [0.4, 0.5) is 17.1 Å². The average Bonchev–Trinajstić information content (AvgIpc) is 2.70. The molecule has 3 aromatic rings. The van der Waals surface area contributed by atoms with Crippen LogP contribution in [0.3, 0.4) is 0 Å². The maximum absolute atomic E-state index is 4.10. The molecule has 3 heteroatoms. The molecule has 0 bridgehead atoms. The van der Waals surface area contributed by atoms with Crippen molar-refractivity contribution in [2.75, 3.05) is 18.0 Å². The molecule has 0 saturated heterocycles. The van der Waals surface area contributed by atoms with Crippen molar-refractivity contribution in [3.63, 3.8) is 0 Å². The van der Waals surface area contributed by atoms with Crippen molar-refractivity contribution in [3.05, 3.63) is 91.0 Å². The Kier molecular flexibility index (Phi) is 7.92. The van der Waals surface area contributed by atoms with Gasteiger partial charge in [-0.3, -0.25) is 0 Å². The lowest BCUT2D eigenvalue weighted by atomic mass is 10.3. The minimum atomic E-state index is 0.872. The summed E-state index contributed by atoms with van der Waals surface area (Å²) in [5.41, 5.74) is 3.06. The molecule has 0 fully saturated rings. The lowest BCUT2D eigenvalue weighted by Crippen LogP contribution is -2.21. The van der Waals surface area contributed by atoms with Gasteiger partial charge in [-0.25, -0.2) is 0 Å². The van der Waals surface area contributed by atoms with Gasteiger partial charge in [-0.05, 0) is 50.2 Å². The fourth-order valence-corrected chi connectivity index (χ4v) is 2.33. The summed E-state index contributed by atoms with van der Waals surface area (Å²) < 4.78 is 0. The second kappa shape index (κ2) is 10.8. The third kappa shape index (κ3) is 6.60. The topological polar surface area (TPSA) is 28.0 Å². The molecule has 0 aliphatic heterocycles. The van der Waals surface area contributed by atoms with Crippen molar-refractivity contribution in [3.8, 4) is 0 Å². The van der Waals surface area contributed by atoms with E-state index in [1.165, 1.54) is 5.69 Å². The van der Waals surface area contributed by atoms with Gasteiger partial charge in [0, 0.05) is 18.8 Å². The van der Waals surface area contributed by atoms with Gasteiger partial charge in [-0.15, -0.1) is 0 Å². The molecule has 3 rings (SSSR count). The van der Waals surface area contributed by atoms with Gasteiger partial charge in [0.2, 0.25) is 0 Å². The molecule has 0 heterocycles. The summed E-state index contributed by atoms with van der Waals surface area (Å²) in [6.45, 7) is 6.52. The second-order valence-electron chi connectivity index (χ2n) is 5.38. The Morgan fingerprint density at radius 1 is 0.560 bits per heavy atom. The normalized spacial score (nSPS) is 10.2. The molecule has 0 atom stereocenters.